The van der Waals surface area contributed by atoms with Crippen molar-refractivity contribution in [3.63, 3.8) is 0 Å². The first-order valence-electron chi connectivity index (χ1n) is 9.04. The Hall–Kier alpha value is -1.81. The number of ether oxygens (including phenoxy) is 1. The lowest BCUT2D eigenvalue weighted by Gasteiger charge is -2.34. The van der Waals surface area contributed by atoms with Crippen LogP contribution in [-0.4, -0.2) is 62.3 Å². The number of hydrogen-bond acceptors (Lipinski definition) is 6. The van der Waals surface area contributed by atoms with E-state index < -0.39 is 5.60 Å². The molecule has 1 saturated heterocycles. The number of hydrogen-bond donors (Lipinski definition) is 1. The van der Waals surface area contributed by atoms with Gasteiger partial charge >= 0.3 is 6.09 Å². The Morgan fingerprint density at radius 3 is 2.82 bits per heavy atom. The summed E-state index contributed by atoms with van der Waals surface area (Å²) >= 11 is 4.87. The number of aromatic nitrogens is 3. The molecule has 0 radical (unpaired) electrons. The van der Waals surface area contributed by atoms with Gasteiger partial charge in [0, 0.05) is 25.3 Å². The summed E-state index contributed by atoms with van der Waals surface area (Å²) in [7, 11) is 0. The van der Waals surface area contributed by atoms with Crippen molar-refractivity contribution in [1.29, 1.82) is 0 Å². The Morgan fingerprint density at radius 1 is 1.39 bits per heavy atom. The lowest BCUT2D eigenvalue weighted by Crippen LogP contribution is -2.50. The van der Waals surface area contributed by atoms with E-state index in [1.54, 1.807) is 21.7 Å². The van der Waals surface area contributed by atoms with Crippen LogP contribution in [0.5, 0.6) is 0 Å². The number of halogens is 1. The van der Waals surface area contributed by atoms with Gasteiger partial charge in [0.25, 0.3) is 5.91 Å². The number of amides is 2. The van der Waals surface area contributed by atoms with Crippen molar-refractivity contribution >= 4 is 45.3 Å². The van der Waals surface area contributed by atoms with Crippen LogP contribution in [0.1, 0.15) is 44.1 Å². The Balaban J connectivity index is 1.71. The maximum absolute atomic E-state index is 12.8. The Bertz CT molecular complexity index is 895. The number of carbonyl (C=O) groups excluding carboxylic acids is 2. The minimum Gasteiger partial charge on any atom is -0.444 e. The normalized spacial score (nSPS) is 17.6. The van der Waals surface area contributed by atoms with Crippen LogP contribution >= 0.6 is 27.7 Å². The van der Waals surface area contributed by atoms with E-state index in [-0.39, 0.29) is 18.0 Å². The molecule has 0 spiro atoms. The van der Waals surface area contributed by atoms with Crippen molar-refractivity contribution in [3.8, 4) is 0 Å². The van der Waals surface area contributed by atoms with Gasteiger partial charge in [-0.15, -0.1) is 11.8 Å². The monoisotopic (exact) mass is 469 g/mol. The van der Waals surface area contributed by atoms with Gasteiger partial charge in [0.1, 0.15) is 20.9 Å². The molecule has 0 aliphatic carbocycles. The maximum atomic E-state index is 12.8. The molecule has 10 heteroatoms. The number of carbonyl (C=O) groups is 2. The first-order chi connectivity index (χ1) is 13.2. The molecule has 8 nitrogen and oxygen atoms in total. The number of nitrogens with one attached hydrogen (secondary N) is 1. The summed E-state index contributed by atoms with van der Waals surface area (Å²) in [4.78, 5) is 35.5. The van der Waals surface area contributed by atoms with Crippen LogP contribution in [0, 0.1) is 0 Å². The summed E-state index contributed by atoms with van der Waals surface area (Å²) in [6.07, 6.45) is 6.50. The quantitative estimate of drug-likeness (QED) is 0.693. The molecule has 1 aliphatic heterocycles. The number of fused-ring (bicyclic) bond motifs is 1. The molecule has 152 valence electrons. The van der Waals surface area contributed by atoms with E-state index >= 15 is 0 Å². The van der Waals surface area contributed by atoms with Crippen LogP contribution in [0.2, 0.25) is 0 Å². The second-order valence-corrected chi connectivity index (χ2v) is 9.26. The highest BCUT2D eigenvalue weighted by molar-refractivity contribution is 9.10. The second-order valence-electron chi connectivity index (χ2n) is 7.65. The number of nitrogens with zero attached hydrogens (tertiary/aromatic N) is 4. The molecule has 2 amide bonds. The number of imidazole rings is 1. The molecule has 1 N–H and O–H groups in total. The van der Waals surface area contributed by atoms with Gasteiger partial charge in [-0.2, -0.15) is 0 Å². The second kappa shape index (κ2) is 8.28. The van der Waals surface area contributed by atoms with Crippen LogP contribution in [-0.2, 0) is 4.74 Å². The minimum atomic E-state index is -0.543. The van der Waals surface area contributed by atoms with Crippen LogP contribution in [0.15, 0.2) is 22.0 Å². The molecule has 1 unspecified atom stereocenters. The largest absolute Gasteiger partial charge is 0.444 e. The summed E-state index contributed by atoms with van der Waals surface area (Å²) in [5.41, 5.74) is 0.466. The van der Waals surface area contributed by atoms with E-state index in [0.29, 0.717) is 29.5 Å². The Kier molecular flexibility index (Phi) is 6.18. The van der Waals surface area contributed by atoms with Crippen LogP contribution in [0.25, 0.3) is 5.65 Å². The zero-order chi connectivity index (χ0) is 20.5. The molecule has 3 rings (SSSR count). The fourth-order valence-electron chi connectivity index (χ4n) is 3.02. The first-order valence-corrected chi connectivity index (χ1v) is 11.1. The van der Waals surface area contributed by atoms with Crippen molar-refractivity contribution in [2.24, 2.45) is 0 Å². The summed E-state index contributed by atoms with van der Waals surface area (Å²) in [5.74, 6) is -0.270. The number of thioether (sulfide) groups is 1. The molecule has 1 aliphatic rings. The molecule has 3 heterocycles. The molecule has 1 atom stereocenters. The molecule has 0 aromatic carbocycles. The Morgan fingerprint density at radius 2 is 2.14 bits per heavy atom. The molecule has 0 saturated carbocycles. The third-order valence-corrected chi connectivity index (χ3v) is 5.50. The van der Waals surface area contributed by atoms with Gasteiger partial charge in [-0.3, -0.25) is 9.20 Å². The zero-order valence-corrected chi connectivity index (χ0v) is 18.8. The average molecular weight is 470 g/mol. The van der Waals surface area contributed by atoms with Crippen LogP contribution in [0.4, 0.5) is 4.79 Å². The van der Waals surface area contributed by atoms with Gasteiger partial charge in [0.2, 0.25) is 0 Å². The van der Waals surface area contributed by atoms with E-state index in [1.165, 1.54) is 11.8 Å². The zero-order valence-electron chi connectivity index (χ0n) is 16.4. The van der Waals surface area contributed by atoms with E-state index in [4.69, 9.17) is 4.74 Å². The first kappa shape index (κ1) is 20.9. The van der Waals surface area contributed by atoms with E-state index in [9.17, 15) is 9.59 Å². The van der Waals surface area contributed by atoms with Crippen molar-refractivity contribution in [2.45, 2.75) is 50.3 Å². The third kappa shape index (κ3) is 4.78. The highest BCUT2D eigenvalue weighted by atomic mass is 79.9. The standard InChI is InChI=1S/C18H24BrN5O3S/c1-18(2,3)27-17(26)23-7-5-6-11(9-23)21-15(25)12-10-24-13(19)8-20-14(24)16(22-12)28-4/h8,10-11H,5-7,9H2,1-4H3,(H,21,25). The van der Waals surface area contributed by atoms with Crippen molar-refractivity contribution < 1.29 is 14.3 Å². The predicted molar refractivity (Wildman–Crippen MR) is 111 cm³/mol. The Labute approximate surface area is 176 Å². The summed E-state index contributed by atoms with van der Waals surface area (Å²) < 4.78 is 7.99. The fourth-order valence-corrected chi connectivity index (χ4v) is 3.92. The van der Waals surface area contributed by atoms with Gasteiger partial charge in [-0.05, 0) is 55.8 Å². The molecular weight excluding hydrogens is 446 g/mol. The van der Waals surface area contributed by atoms with Crippen molar-refractivity contribution in [2.75, 3.05) is 19.3 Å². The molecule has 2 aromatic heterocycles. The SMILES string of the molecule is CSc1nc(C(=O)NC2CCCN(C(=O)OC(C)(C)C)C2)cn2c(Br)cnc12. The van der Waals surface area contributed by atoms with Crippen LogP contribution in [0.3, 0.4) is 0 Å². The highest BCUT2D eigenvalue weighted by Crippen LogP contribution is 2.22. The third-order valence-electron chi connectivity index (χ3n) is 4.25. The lowest BCUT2D eigenvalue weighted by atomic mass is 10.1. The number of rotatable bonds is 3. The smallest absolute Gasteiger partial charge is 0.410 e. The molecule has 28 heavy (non-hydrogen) atoms. The average Bonchev–Trinajstić information content (AvgIpc) is 3.01. The minimum absolute atomic E-state index is 0.143. The van der Waals surface area contributed by atoms with Gasteiger partial charge in [-0.1, -0.05) is 0 Å². The summed E-state index contributed by atoms with van der Waals surface area (Å²) in [6, 6.07) is -0.143. The maximum Gasteiger partial charge on any atom is 0.410 e. The summed E-state index contributed by atoms with van der Waals surface area (Å²) in [5, 5.41) is 3.68. The van der Waals surface area contributed by atoms with E-state index in [2.05, 4.69) is 31.2 Å². The molecule has 1 fully saturated rings. The topological polar surface area (TPSA) is 88.8 Å². The van der Waals surface area contributed by atoms with E-state index in [0.717, 1.165) is 17.4 Å². The van der Waals surface area contributed by atoms with Gasteiger partial charge in [0.05, 0.1) is 6.20 Å². The molecule has 2 aromatic rings. The van der Waals surface area contributed by atoms with Crippen LogP contribution < -0.4 is 5.32 Å². The number of piperidine rings is 1. The van der Waals surface area contributed by atoms with Crippen molar-refractivity contribution in [3.05, 3.63) is 22.7 Å². The molecular formula is C18H24BrN5O3S. The number of likely N-dealkylation sites (tertiary alicyclic amines) is 1. The lowest BCUT2D eigenvalue weighted by molar-refractivity contribution is 0.0185. The summed E-state index contributed by atoms with van der Waals surface area (Å²) in [6.45, 7) is 6.57. The van der Waals surface area contributed by atoms with Crippen molar-refractivity contribution in [1.82, 2.24) is 24.6 Å². The van der Waals surface area contributed by atoms with Gasteiger partial charge in [-0.25, -0.2) is 14.8 Å². The van der Waals surface area contributed by atoms with Gasteiger partial charge in [0.15, 0.2) is 5.65 Å². The predicted octanol–water partition coefficient (Wildman–Crippen LogP) is 3.34. The molecule has 0 bridgehead atoms. The van der Waals surface area contributed by atoms with Gasteiger partial charge < -0.3 is 15.0 Å². The fraction of sp³-hybridized carbons (Fsp3) is 0.556. The highest BCUT2D eigenvalue weighted by Gasteiger charge is 2.29. The van der Waals surface area contributed by atoms with E-state index in [1.807, 2.05) is 27.0 Å².